The molecule has 1 N–H and O–H groups in total. The number of methoxy groups -OCH3 is 1. The van der Waals surface area contributed by atoms with Crippen molar-refractivity contribution in [2.45, 2.75) is 18.6 Å². The summed E-state index contributed by atoms with van der Waals surface area (Å²) in [5.41, 5.74) is 2.73. The van der Waals surface area contributed by atoms with Gasteiger partial charge in [0, 0.05) is 5.56 Å². The van der Waals surface area contributed by atoms with Crippen LogP contribution in [0, 0.1) is 6.92 Å². The number of nitrogens with one attached hydrogen (secondary N) is 1. The fourth-order valence-corrected chi connectivity index (χ4v) is 3.90. The summed E-state index contributed by atoms with van der Waals surface area (Å²) in [6.45, 7) is 2.51. The number of hydrogen-bond acceptors (Lipinski definition) is 6. The molecule has 4 rings (SSSR count). The van der Waals surface area contributed by atoms with Crippen LogP contribution in [0.1, 0.15) is 11.3 Å². The minimum absolute atomic E-state index is 0.154. The topological polar surface area (TPSA) is 82.2 Å². The molecule has 31 heavy (non-hydrogen) atoms. The minimum atomic E-state index is -0.154. The van der Waals surface area contributed by atoms with Crippen molar-refractivity contribution in [3.63, 3.8) is 0 Å². The van der Waals surface area contributed by atoms with E-state index in [0.717, 1.165) is 22.7 Å². The number of nitrogens with zero attached hydrogens (tertiary/aromatic N) is 3. The van der Waals surface area contributed by atoms with Crippen molar-refractivity contribution in [1.29, 1.82) is 0 Å². The van der Waals surface area contributed by atoms with E-state index in [1.54, 1.807) is 25.5 Å². The van der Waals surface area contributed by atoms with Gasteiger partial charge in [-0.05, 0) is 37.3 Å². The maximum absolute atomic E-state index is 12.5. The van der Waals surface area contributed by atoms with E-state index in [1.165, 1.54) is 11.8 Å². The van der Waals surface area contributed by atoms with Crippen molar-refractivity contribution in [3.05, 3.63) is 78.3 Å². The molecule has 0 saturated carbocycles. The molecular formula is C23H22N4O3S. The molecule has 0 bridgehead atoms. The fourth-order valence-electron chi connectivity index (χ4n) is 3.16. The SMILES string of the molecule is COc1ccccc1NC(=O)CSc1nnc(-c2cccc(C)c2)n1Cc1ccco1. The molecule has 0 fully saturated rings. The highest BCUT2D eigenvalue weighted by molar-refractivity contribution is 7.99. The number of carbonyl (C=O) groups is 1. The number of amides is 1. The van der Waals surface area contributed by atoms with Crippen LogP contribution >= 0.6 is 11.8 Å². The lowest BCUT2D eigenvalue weighted by Gasteiger charge is -2.11. The molecule has 0 aliphatic carbocycles. The van der Waals surface area contributed by atoms with Crippen LogP contribution in [0.15, 0.2) is 76.5 Å². The highest BCUT2D eigenvalue weighted by Gasteiger charge is 2.17. The lowest BCUT2D eigenvalue weighted by molar-refractivity contribution is -0.113. The van der Waals surface area contributed by atoms with Gasteiger partial charge < -0.3 is 14.5 Å². The normalized spacial score (nSPS) is 10.8. The molecule has 0 atom stereocenters. The van der Waals surface area contributed by atoms with Crippen molar-refractivity contribution >= 4 is 23.4 Å². The van der Waals surface area contributed by atoms with Crippen LogP contribution in [-0.2, 0) is 11.3 Å². The highest BCUT2D eigenvalue weighted by Crippen LogP contribution is 2.27. The predicted molar refractivity (Wildman–Crippen MR) is 120 cm³/mol. The first-order valence-corrected chi connectivity index (χ1v) is 10.7. The van der Waals surface area contributed by atoms with Gasteiger partial charge in [-0.25, -0.2) is 0 Å². The van der Waals surface area contributed by atoms with Crippen LogP contribution in [0.4, 0.5) is 5.69 Å². The Morgan fingerprint density at radius 1 is 1.13 bits per heavy atom. The quantitative estimate of drug-likeness (QED) is 0.407. The maximum atomic E-state index is 12.5. The third-order valence-electron chi connectivity index (χ3n) is 4.60. The second-order valence-electron chi connectivity index (χ2n) is 6.88. The lowest BCUT2D eigenvalue weighted by Crippen LogP contribution is -2.15. The lowest BCUT2D eigenvalue weighted by atomic mass is 10.1. The van der Waals surface area contributed by atoms with E-state index in [9.17, 15) is 4.79 Å². The summed E-state index contributed by atoms with van der Waals surface area (Å²) in [6.07, 6.45) is 1.64. The van der Waals surface area contributed by atoms with Crippen molar-refractivity contribution in [2.75, 3.05) is 18.2 Å². The summed E-state index contributed by atoms with van der Waals surface area (Å²) in [7, 11) is 1.57. The van der Waals surface area contributed by atoms with Gasteiger partial charge >= 0.3 is 0 Å². The predicted octanol–water partition coefficient (Wildman–Crippen LogP) is 4.63. The zero-order valence-electron chi connectivity index (χ0n) is 17.2. The fraction of sp³-hybridized carbons (Fsp3) is 0.174. The van der Waals surface area contributed by atoms with Gasteiger partial charge in [0.1, 0.15) is 11.5 Å². The average Bonchev–Trinajstić information content (AvgIpc) is 3.43. The number of anilines is 1. The number of aromatic nitrogens is 3. The molecule has 0 aliphatic rings. The Morgan fingerprint density at radius 3 is 2.77 bits per heavy atom. The van der Waals surface area contributed by atoms with Crippen LogP contribution in [0.2, 0.25) is 0 Å². The second-order valence-corrected chi connectivity index (χ2v) is 7.82. The van der Waals surface area contributed by atoms with E-state index in [1.807, 2.05) is 54.0 Å². The molecule has 7 nitrogen and oxygen atoms in total. The Balaban J connectivity index is 1.54. The van der Waals surface area contributed by atoms with E-state index >= 15 is 0 Å². The first-order valence-electron chi connectivity index (χ1n) is 9.72. The molecule has 0 aliphatic heterocycles. The van der Waals surface area contributed by atoms with Gasteiger partial charge in [-0.3, -0.25) is 9.36 Å². The van der Waals surface area contributed by atoms with Crippen LogP contribution in [-0.4, -0.2) is 33.5 Å². The van der Waals surface area contributed by atoms with Crippen molar-refractivity contribution in [3.8, 4) is 17.1 Å². The first kappa shape index (κ1) is 20.7. The molecule has 0 radical (unpaired) electrons. The average molecular weight is 435 g/mol. The van der Waals surface area contributed by atoms with E-state index in [-0.39, 0.29) is 11.7 Å². The monoisotopic (exact) mass is 434 g/mol. The first-order chi connectivity index (χ1) is 15.1. The number of para-hydroxylation sites is 2. The number of hydrogen-bond donors (Lipinski definition) is 1. The molecule has 0 spiro atoms. The molecular weight excluding hydrogens is 412 g/mol. The number of furan rings is 1. The molecule has 2 heterocycles. The third-order valence-corrected chi connectivity index (χ3v) is 5.57. The second kappa shape index (κ2) is 9.53. The summed E-state index contributed by atoms with van der Waals surface area (Å²) >= 11 is 1.32. The van der Waals surface area contributed by atoms with E-state index in [2.05, 4.69) is 21.6 Å². The zero-order valence-corrected chi connectivity index (χ0v) is 18.1. The van der Waals surface area contributed by atoms with Gasteiger partial charge in [0.2, 0.25) is 5.91 Å². The molecule has 158 valence electrons. The molecule has 2 aromatic heterocycles. The van der Waals surface area contributed by atoms with E-state index in [4.69, 9.17) is 9.15 Å². The number of ether oxygens (including phenoxy) is 1. The molecule has 8 heteroatoms. The zero-order chi connectivity index (χ0) is 21.6. The Bertz CT molecular complexity index is 1170. The van der Waals surface area contributed by atoms with Gasteiger partial charge in [0.05, 0.1) is 31.4 Å². The van der Waals surface area contributed by atoms with Gasteiger partial charge in [-0.1, -0.05) is 47.7 Å². The summed E-state index contributed by atoms with van der Waals surface area (Å²) < 4.78 is 12.8. The molecule has 0 saturated heterocycles. The molecule has 1 amide bonds. The number of carbonyl (C=O) groups excluding carboxylic acids is 1. The number of rotatable bonds is 8. The Labute approximate surface area is 184 Å². The number of benzene rings is 2. The summed E-state index contributed by atoms with van der Waals surface area (Å²) in [6, 6.07) is 19.1. The number of aryl methyl sites for hydroxylation is 1. The minimum Gasteiger partial charge on any atom is -0.495 e. The smallest absolute Gasteiger partial charge is 0.234 e. The summed E-state index contributed by atoms with van der Waals surface area (Å²) in [5.74, 6) is 2.16. The largest absolute Gasteiger partial charge is 0.495 e. The van der Waals surface area contributed by atoms with E-state index < -0.39 is 0 Å². The van der Waals surface area contributed by atoms with Gasteiger partial charge in [-0.15, -0.1) is 10.2 Å². The summed E-state index contributed by atoms with van der Waals surface area (Å²) in [4.78, 5) is 12.5. The van der Waals surface area contributed by atoms with E-state index in [0.29, 0.717) is 23.1 Å². The Hall–Kier alpha value is -3.52. The Kier molecular flexibility index (Phi) is 6.37. The Morgan fingerprint density at radius 2 is 2.00 bits per heavy atom. The maximum Gasteiger partial charge on any atom is 0.234 e. The van der Waals surface area contributed by atoms with Crippen molar-refractivity contribution in [2.24, 2.45) is 0 Å². The van der Waals surface area contributed by atoms with Crippen molar-refractivity contribution < 1.29 is 13.9 Å². The standard InChI is InChI=1S/C23H22N4O3S/c1-16-7-5-8-17(13-16)22-25-26-23(27(22)14-18-9-6-12-30-18)31-15-21(28)24-19-10-3-4-11-20(19)29-2/h3-13H,14-15H2,1-2H3,(H,24,28). The van der Waals surface area contributed by atoms with Crippen LogP contribution in [0.3, 0.4) is 0 Å². The number of thioether (sulfide) groups is 1. The van der Waals surface area contributed by atoms with Gasteiger partial charge in [0.15, 0.2) is 11.0 Å². The van der Waals surface area contributed by atoms with Gasteiger partial charge in [-0.2, -0.15) is 0 Å². The van der Waals surface area contributed by atoms with Crippen molar-refractivity contribution in [1.82, 2.24) is 14.8 Å². The van der Waals surface area contributed by atoms with Crippen LogP contribution in [0.25, 0.3) is 11.4 Å². The highest BCUT2D eigenvalue weighted by atomic mass is 32.2. The summed E-state index contributed by atoms with van der Waals surface area (Å²) in [5, 5.41) is 12.3. The molecule has 4 aromatic rings. The van der Waals surface area contributed by atoms with Crippen LogP contribution < -0.4 is 10.1 Å². The third kappa shape index (κ3) is 4.97. The molecule has 0 unspecified atom stereocenters. The molecule has 2 aromatic carbocycles. The van der Waals surface area contributed by atoms with Crippen LogP contribution in [0.5, 0.6) is 5.75 Å². The van der Waals surface area contributed by atoms with Gasteiger partial charge in [0.25, 0.3) is 0 Å².